The molecular weight excluding hydrogens is 354 g/mol. The Morgan fingerprint density at radius 2 is 1.96 bits per heavy atom. The second-order valence-electron chi connectivity index (χ2n) is 7.15. The molecule has 1 heterocycles. The number of aromatic carboxylic acids is 1. The standard InChI is InChI=1S/C22H23N3O3/c23-9-4-10-25-21(22(27)28)17-8-7-15-13-19(26)16(12-18(15)20(17)24-25)11-14-5-2-1-3-6-14/h1-3,5-6,12-13,26H,4,7-11,23H2,(H,27,28). The predicted octanol–water partition coefficient (Wildman–Crippen LogP) is 2.99. The van der Waals surface area contributed by atoms with Crippen LogP contribution in [0.2, 0.25) is 0 Å². The van der Waals surface area contributed by atoms with Gasteiger partial charge < -0.3 is 15.9 Å². The number of aromatic nitrogens is 2. The molecule has 144 valence electrons. The lowest BCUT2D eigenvalue weighted by atomic mass is 9.86. The lowest BCUT2D eigenvalue weighted by molar-refractivity contribution is 0.0681. The van der Waals surface area contributed by atoms with Gasteiger partial charge in [-0.25, -0.2) is 4.79 Å². The van der Waals surface area contributed by atoms with E-state index in [2.05, 4.69) is 5.10 Å². The summed E-state index contributed by atoms with van der Waals surface area (Å²) in [5.41, 5.74) is 11.2. The van der Waals surface area contributed by atoms with Gasteiger partial charge in [-0.1, -0.05) is 30.3 Å². The molecule has 0 saturated heterocycles. The minimum Gasteiger partial charge on any atom is -0.508 e. The molecule has 0 radical (unpaired) electrons. The predicted molar refractivity (Wildman–Crippen MR) is 107 cm³/mol. The van der Waals surface area contributed by atoms with Crippen LogP contribution in [-0.4, -0.2) is 32.5 Å². The molecule has 0 bridgehead atoms. The Kier molecular flexibility index (Phi) is 4.88. The third kappa shape index (κ3) is 3.27. The number of aromatic hydroxyl groups is 1. The molecule has 0 saturated carbocycles. The zero-order valence-electron chi connectivity index (χ0n) is 15.6. The molecule has 1 aliphatic rings. The summed E-state index contributed by atoms with van der Waals surface area (Å²) in [6.07, 6.45) is 2.56. The lowest BCUT2D eigenvalue weighted by Gasteiger charge is -2.18. The van der Waals surface area contributed by atoms with Gasteiger partial charge in [0, 0.05) is 24.1 Å². The van der Waals surface area contributed by atoms with E-state index in [-0.39, 0.29) is 11.4 Å². The van der Waals surface area contributed by atoms with Gasteiger partial charge in [-0.15, -0.1) is 0 Å². The Balaban J connectivity index is 1.79. The van der Waals surface area contributed by atoms with Crippen LogP contribution in [0.15, 0.2) is 42.5 Å². The fourth-order valence-corrected chi connectivity index (χ4v) is 3.92. The third-order valence-electron chi connectivity index (χ3n) is 5.27. The van der Waals surface area contributed by atoms with Crippen molar-refractivity contribution in [3.8, 4) is 17.0 Å². The molecule has 0 aliphatic heterocycles. The normalized spacial score (nSPS) is 12.5. The monoisotopic (exact) mass is 377 g/mol. The molecule has 0 fully saturated rings. The number of rotatable bonds is 6. The number of carboxylic acid groups (broad SMARTS) is 1. The number of fused-ring (bicyclic) bond motifs is 3. The zero-order chi connectivity index (χ0) is 19.7. The fraction of sp³-hybridized carbons (Fsp3) is 0.273. The average Bonchev–Trinajstić information content (AvgIpc) is 3.07. The van der Waals surface area contributed by atoms with Crippen LogP contribution in [0.5, 0.6) is 5.75 Å². The number of aryl methyl sites for hydroxylation is 2. The van der Waals surface area contributed by atoms with E-state index in [9.17, 15) is 15.0 Å². The Hall–Kier alpha value is -3.12. The summed E-state index contributed by atoms with van der Waals surface area (Å²) in [4.78, 5) is 11.9. The van der Waals surface area contributed by atoms with Crippen molar-refractivity contribution in [2.75, 3.05) is 6.54 Å². The first-order valence-electron chi connectivity index (χ1n) is 9.50. The van der Waals surface area contributed by atoms with Gasteiger partial charge in [-0.2, -0.15) is 5.10 Å². The smallest absolute Gasteiger partial charge is 0.354 e. The quantitative estimate of drug-likeness (QED) is 0.613. The number of phenols is 1. The van der Waals surface area contributed by atoms with Gasteiger partial charge in [-0.3, -0.25) is 4.68 Å². The van der Waals surface area contributed by atoms with Crippen LogP contribution in [0.4, 0.5) is 0 Å². The highest BCUT2D eigenvalue weighted by atomic mass is 16.4. The number of carbonyl (C=O) groups is 1. The molecular formula is C22H23N3O3. The SMILES string of the molecule is NCCCn1nc2c(c1C(=O)O)CCc1cc(O)c(Cc3ccccc3)cc1-2. The maximum Gasteiger partial charge on any atom is 0.354 e. The Labute approximate surface area is 163 Å². The van der Waals surface area contributed by atoms with Crippen molar-refractivity contribution in [2.24, 2.45) is 5.73 Å². The van der Waals surface area contributed by atoms with Crippen molar-refractivity contribution in [1.82, 2.24) is 9.78 Å². The number of carboxylic acids is 1. The molecule has 6 heteroatoms. The summed E-state index contributed by atoms with van der Waals surface area (Å²) < 4.78 is 1.57. The maximum atomic E-state index is 11.9. The zero-order valence-corrected chi connectivity index (χ0v) is 15.6. The minimum absolute atomic E-state index is 0.256. The summed E-state index contributed by atoms with van der Waals surface area (Å²) in [6, 6.07) is 13.7. The molecule has 0 spiro atoms. The topological polar surface area (TPSA) is 101 Å². The van der Waals surface area contributed by atoms with E-state index in [1.807, 2.05) is 36.4 Å². The van der Waals surface area contributed by atoms with Crippen LogP contribution in [0.25, 0.3) is 11.3 Å². The van der Waals surface area contributed by atoms with Crippen molar-refractivity contribution in [2.45, 2.75) is 32.2 Å². The highest BCUT2D eigenvalue weighted by Gasteiger charge is 2.28. The average molecular weight is 377 g/mol. The van der Waals surface area contributed by atoms with E-state index < -0.39 is 5.97 Å². The van der Waals surface area contributed by atoms with Crippen LogP contribution in [0.3, 0.4) is 0 Å². The molecule has 2 aromatic carbocycles. The first-order valence-corrected chi connectivity index (χ1v) is 9.50. The van der Waals surface area contributed by atoms with Gasteiger partial charge in [0.15, 0.2) is 0 Å². The van der Waals surface area contributed by atoms with Crippen LogP contribution in [-0.2, 0) is 25.8 Å². The van der Waals surface area contributed by atoms with Crippen molar-refractivity contribution in [3.05, 3.63) is 70.4 Å². The van der Waals surface area contributed by atoms with Crippen molar-refractivity contribution >= 4 is 5.97 Å². The number of phenolic OH excluding ortho intramolecular Hbond substituents is 1. The summed E-state index contributed by atoms with van der Waals surface area (Å²) in [6.45, 7) is 0.963. The van der Waals surface area contributed by atoms with E-state index in [0.717, 1.165) is 27.8 Å². The van der Waals surface area contributed by atoms with Crippen molar-refractivity contribution in [1.29, 1.82) is 0 Å². The second-order valence-corrected chi connectivity index (χ2v) is 7.15. The maximum absolute atomic E-state index is 11.9. The molecule has 0 atom stereocenters. The molecule has 6 nitrogen and oxygen atoms in total. The number of benzene rings is 2. The second kappa shape index (κ2) is 7.48. The van der Waals surface area contributed by atoms with Crippen LogP contribution >= 0.6 is 0 Å². The first-order chi connectivity index (χ1) is 13.6. The molecule has 4 N–H and O–H groups in total. The summed E-state index contributed by atoms with van der Waals surface area (Å²) in [5.74, 6) is -0.690. The summed E-state index contributed by atoms with van der Waals surface area (Å²) in [5, 5.41) is 24.9. The third-order valence-corrected chi connectivity index (χ3v) is 5.27. The summed E-state index contributed by atoms with van der Waals surface area (Å²) >= 11 is 0. The first kappa shape index (κ1) is 18.3. The molecule has 4 rings (SSSR count). The van der Waals surface area contributed by atoms with Gasteiger partial charge >= 0.3 is 5.97 Å². The van der Waals surface area contributed by atoms with Gasteiger partial charge in [-0.05, 0) is 54.6 Å². The Morgan fingerprint density at radius 3 is 2.68 bits per heavy atom. The Bertz CT molecular complexity index is 1030. The highest BCUT2D eigenvalue weighted by Crippen LogP contribution is 2.38. The van der Waals surface area contributed by atoms with Crippen LogP contribution in [0.1, 0.15) is 39.2 Å². The fourth-order valence-electron chi connectivity index (χ4n) is 3.92. The largest absolute Gasteiger partial charge is 0.508 e. The Morgan fingerprint density at radius 1 is 1.18 bits per heavy atom. The minimum atomic E-state index is -0.961. The molecule has 1 aliphatic carbocycles. The highest BCUT2D eigenvalue weighted by molar-refractivity contribution is 5.91. The molecule has 0 amide bonds. The molecule has 28 heavy (non-hydrogen) atoms. The van der Waals surface area contributed by atoms with Gasteiger partial charge in [0.05, 0.1) is 5.69 Å². The van der Waals surface area contributed by atoms with E-state index in [1.54, 1.807) is 10.7 Å². The van der Waals surface area contributed by atoms with Gasteiger partial charge in [0.25, 0.3) is 0 Å². The number of hydrogen-bond donors (Lipinski definition) is 3. The van der Waals surface area contributed by atoms with E-state index in [1.165, 1.54) is 0 Å². The number of nitrogens with zero attached hydrogens (tertiary/aromatic N) is 2. The molecule has 1 aromatic heterocycles. The number of hydrogen-bond acceptors (Lipinski definition) is 4. The number of nitrogens with two attached hydrogens (primary N) is 1. The van der Waals surface area contributed by atoms with E-state index in [4.69, 9.17) is 5.73 Å². The van der Waals surface area contributed by atoms with Gasteiger partial charge in [0.2, 0.25) is 0 Å². The molecule has 3 aromatic rings. The van der Waals surface area contributed by atoms with Crippen molar-refractivity contribution < 1.29 is 15.0 Å². The van der Waals surface area contributed by atoms with Gasteiger partial charge in [0.1, 0.15) is 11.4 Å². The van der Waals surface area contributed by atoms with E-state index >= 15 is 0 Å². The van der Waals surface area contributed by atoms with Crippen LogP contribution < -0.4 is 5.73 Å². The molecule has 0 unspecified atom stereocenters. The van der Waals surface area contributed by atoms with Crippen LogP contribution in [0, 0.1) is 0 Å². The summed E-state index contributed by atoms with van der Waals surface area (Å²) in [7, 11) is 0. The van der Waals surface area contributed by atoms with E-state index in [0.29, 0.717) is 44.5 Å². The van der Waals surface area contributed by atoms with Crippen molar-refractivity contribution in [3.63, 3.8) is 0 Å². The lowest BCUT2D eigenvalue weighted by Crippen LogP contribution is -2.14.